The molecule has 7 nitrogen and oxygen atoms in total. The monoisotopic (exact) mass is 293 g/mol. The molecule has 1 amide bonds. The standard InChI is InChI=1S/C14H19N3O4/c1-3-11-14(19)15-6-7-16(11)12-5-4-10(9(2)18)8-13(12)17(20)21/h4-5,8-9,11,18H,3,6-7H2,1-2H3,(H,15,19)/t9-,11?/m1/s1. The predicted molar refractivity (Wildman–Crippen MR) is 78.2 cm³/mol. The summed E-state index contributed by atoms with van der Waals surface area (Å²) in [4.78, 5) is 24.5. The first-order valence-electron chi connectivity index (χ1n) is 6.96. The molecule has 1 aliphatic heterocycles. The van der Waals surface area contributed by atoms with Crippen LogP contribution in [0, 0.1) is 10.1 Å². The number of piperazine rings is 1. The molecule has 0 bridgehead atoms. The Morgan fingerprint density at radius 3 is 2.86 bits per heavy atom. The first-order valence-corrected chi connectivity index (χ1v) is 6.96. The predicted octanol–water partition coefficient (Wildman–Crippen LogP) is 1.36. The maximum absolute atomic E-state index is 11.9. The van der Waals surface area contributed by atoms with Crippen molar-refractivity contribution in [2.45, 2.75) is 32.4 Å². The zero-order valence-electron chi connectivity index (χ0n) is 12.1. The molecule has 2 N–H and O–H groups in total. The molecule has 0 aromatic heterocycles. The number of nitrogens with zero attached hydrogens (tertiary/aromatic N) is 2. The van der Waals surface area contributed by atoms with Gasteiger partial charge in [0.15, 0.2) is 0 Å². The summed E-state index contributed by atoms with van der Waals surface area (Å²) in [5.74, 6) is -0.113. The topological polar surface area (TPSA) is 95.7 Å². The highest BCUT2D eigenvalue weighted by Crippen LogP contribution is 2.33. The van der Waals surface area contributed by atoms with Gasteiger partial charge in [-0.1, -0.05) is 13.0 Å². The normalized spacial score (nSPS) is 20.0. The number of nitro benzene ring substituents is 1. The third-order valence-electron chi connectivity index (χ3n) is 3.71. The molecule has 0 radical (unpaired) electrons. The molecular formula is C14H19N3O4. The van der Waals surface area contributed by atoms with Gasteiger partial charge in [-0.2, -0.15) is 0 Å². The number of aliphatic hydroxyl groups excluding tert-OH is 1. The van der Waals surface area contributed by atoms with Crippen molar-refractivity contribution < 1.29 is 14.8 Å². The van der Waals surface area contributed by atoms with Gasteiger partial charge >= 0.3 is 0 Å². The number of amides is 1. The van der Waals surface area contributed by atoms with E-state index < -0.39 is 17.1 Å². The fourth-order valence-corrected chi connectivity index (χ4v) is 2.60. The molecule has 1 unspecified atom stereocenters. The van der Waals surface area contributed by atoms with Crippen LogP contribution in [0.25, 0.3) is 0 Å². The zero-order chi connectivity index (χ0) is 15.6. The second kappa shape index (κ2) is 6.09. The number of carbonyl (C=O) groups is 1. The summed E-state index contributed by atoms with van der Waals surface area (Å²) < 4.78 is 0. The quantitative estimate of drug-likeness (QED) is 0.645. The van der Waals surface area contributed by atoms with Crippen molar-refractivity contribution in [1.82, 2.24) is 5.32 Å². The number of aliphatic hydroxyl groups is 1. The van der Waals surface area contributed by atoms with Crippen molar-refractivity contribution in [2.75, 3.05) is 18.0 Å². The SMILES string of the molecule is CCC1C(=O)NCCN1c1ccc([C@@H](C)O)cc1[N+](=O)[O-]. The van der Waals surface area contributed by atoms with Gasteiger partial charge in [0.1, 0.15) is 11.7 Å². The molecule has 1 aliphatic rings. The van der Waals surface area contributed by atoms with E-state index in [4.69, 9.17) is 0 Å². The first-order chi connectivity index (χ1) is 9.95. The summed E-state index contributed by atoms with van der Waals surface area (Å²) >= 11 is 0. The van der Waals surface area contributed by atoms with Crippen molar-refractivity contribution in [3.05, 3.63) is 33.9 Å². The van der Waals surface area contributed by atoms with Gasteiger partial charge in [0.2, 0.25) is 5.91 Å². The van der Waals surface area contributed by atoms with Crippen molar-refractivity contribution in [3.63, 3.8) is 0 Å². The maximum atomic E-state index is 11.9. The van der Waals surface area contributed by atoms with E-state index in [2.05, 4.69) is 5.32 Å². The van der Waals surface area contributed by atoms with Crippen LogP contribution in [0.5, 0.6) is 0 Å². The van der Waals surface area contributed by atoms with Gasteiger partial charge in [0.25, 0.3) is 5.69 Å². The van der Waals surface area contributed by atoms with E-state index in [9.17, 15) is 20.0 Å². The highest BCUT2D eigenvalue weighted by Gasteiger charge is 2.32. The smallest absolute Gasteiger partial charge is 0.292 e. The lowest BCUT2D eigenvalue weighted by Gasteiger charge is -2.36. The molecule has 21 heavy (non-hydrogen) atoms. The minimum absolute atomic E-state index is 0.0819. The first kappa shape index (κ1) is 15.2. The molecular weight excluding hydrogens is 274 g/mol. The summed E-state index contributed by atoms with van der Waals surface area (Å²) in [6.45, 7) is 4.42. The Hall–Kier alpha value is -2.15. The van der Waals surface area contributed by atoms with Crippen LogP contribution in [0.15, 0.2) is 18.2 Å². The maximum Gasteiger partial charge on any atom is 0.292 e. The van der Waals surface area contributed by atoms with Gasteiger partial charge in [0, 0.05) is 19.2 Å². The van der Waals surface area contributed by atoms with Crippen LogP contribution in [0.4, 0.5) is 11.4 Å². The Morgan fingerprint density at radius 1 is 1.57 bits per heavy atom. The van der Waals surface area contributed by atoms with E-state index in [0.29, 0.717) is 30.8 Å². The number of hydrogen-bond acceptors (Lipinski definition) is 5. The van der Waals surface area contributed by atoms with Crippen LogP contribution in [0.3, 0.4) is 0 Å². The second-order valence-corrected chi connectivity index (χ2v) is 5.09. The molecule has 1 heterocycles. The number of rotatable bonds is 4. The Bertz CT molecular complexity index is 559. The number of benzene rings is 1. The average Bonchev–Trinajstić information content (AvgIpc) is 2.46. The number of nitro groups is 1. The van der Waals surface area contributed by atoms with Gasteiger partial charge in [-0.05, 0) is 25.0 Å². The van der Waals surface area contributed by atoms with E-state index in [1.165, 1.54) is 6.07 Å². The van der Waals surface area contributed by atoms with Gasteiger partial charge in [-0.25, -0.2) is 0 Å². The minimum atomic E-state index is -0.774. The van der Waals surface area contributed by atoms with Crippen molar-refractivity contribution >= 4 is 17.3 Å². The van der Waals surface area contributed by atoms with Gasteiger partial charge in [0.05, 0.1) is 11.0 Å². The van der Waals surface area contributed by atoms with Crippen LogP contribution < -0.4 is 10.2 Å². The van der Waals surface area contributed by atoms with E-state index >= 15 is 0 Å². The number of nitrogens with one attached hydrogen (secondary N) is 1. The molecule has 114 valence electrons. The van der Waals surface area contributed by atoms with Crippen LogP contribution in [-0.2, 0) is 4.79 Å². The molecule has 1 fully saturated rings. The van der Waals surface area contributed by atoms with Crippen molar-refractivity contribution in [2.24, 2.45) is 0 Å². The number of carbonyl (C=O) groups excluding carboxylic acids is 1. The van der Waals surface area contributed by atoms with Crippen molar-refractivity contribution in [1.29, 1.82) is 0 Å². The Labute approximate surface area is 122 Å². The molecule has 1 aromatic rings. The lowest BCUT2D eigenvalue weighted by atomic mass is 10.0. The van der Waals surface area contributed by atoms with E-state index in [-0.39, 0.29) is 11.6 Å². The van der Waals surface area contributed by atoms with Crippen LogP contribution in [-0.4, -0.2) is 35.1 Å². The largest absolute Gasteiger partial charge is 0.389 e. The van der Waals surface area contributed by atoms with Crippen LogP contribution in [0.2, 0.25) is 0 Å². The summed E-state index contributed by atoms with van der Waals surface area (Å²) in [6.07, 6.45) is -0.203. The second-order valence-electron chi connectivity index (χ2n) is 5.09. The lowest BCUT2D eigenvalue weighted by Crippen LogP contribution is -2.55. The summed E-state index contributed by atoms with van der Waals surface area (Å²) in [5.41, 5.74) is 0.826. The molecule has 1 saturated heterocycles. The summed E-state index contributed by atoms with van der Waals surface area (Å²) in [6, 6.07) is 4.24. The molecule has 7 heteroatoms. The van der Waals surface area contributed by atoms with Crippen molar-refractivity contribution in [3.8, 4) is 0 Å². The van der Waals surface area contributed by atoms with Gasteiger partial charge in [-0.3, -0.25) is 14.9 Å². The Balaban J connectivity index is 2.46. The third-order valence-corrected chi connectivity index (χ3v) is 3.71. The van der Waals surface area contributed by atoms with Crippen LogP contribution in [0.1, 0.15) is 31.9 Å². The average molecular weight is 293 g/mol. The summed E-state index contributed by atoms with van der Waals surface area (Å²) in [5, 5.41) is 23.7. The van der Waals surface area contributed by atoms with E-state index in [1.54, 1.807) is 24.0 Å². The Morgan fingerprint density at radius 2 is 2.29 bits per heavy atom. The fourth-order valence-electron chi connectivity index (χ4n) is 2.60. The highest BCUT2D eigenvalue weighted by atomic mass is 16.6. The minimum Gasteiger partial charge on any atom is -0.389 e. The third kappa shape index (κ3) is 2.97. The highest BCUT2D eigenvalue weighted by molar-refractivity contribution is 5.87. The Kier molecular flexibility index (Phi) is 4.42. The van der Waals surface area contributed by atoms with E-state index in [0.717, 1.165) is 0 Å². The summed E-state index contributed by atoms with van der Waals surface area (Å²) in [7, 11) is 0. The molecule has 1 aromatic carbocycles. The lowest BCUT2D eigenvalue weighted by molar-refractivity contribution is -0.384. The molecule has 2 rings (SSSR count). The molecule has 0 saturated carbocycles. The van der Waals surface area contributed by atoms with E-state index in [1.807, 2.05) is 6.92 Å². The molecule has 0 aliphatic carbocycles. The van der Waals surface area contributed by atoms with Crippen LogP contribution >= 0.6 is 0 Å². The van der Waals surface area contributed by atoms with Gasteiger partial charge in [-0.15, -0.1) is 0 Å². The molecule has 0 spiro atoms. The zero-order valence-corrected chi connectivity index (χ0v) is 12.1. The van der Waals surface area contributed by atoms with Gasteiger partial charge < -0.3 is 15.3 Å². The number of hydrogen-bond donors (Lipinski definition) is 2. The number of anilines is 1. The fraction of sp³-hybridized carbons (Fsp3) is 0.500. The molecule has 2 atom stereocenters.